The van der Waals surface area contributed by atoms with Crippen LogP contribution in [0.5, 0.6) is 0 Å². The van der Waals surface area contributed by atoms with Gasteiger partial charge < -0.3 is 9.16 Å². The summed E-state index contributed by atoms with van der Waals surface area (Å²) >= 11 is 0. The molecule has 1 fully saturated rings. The third kappa shape index (κ3) is 4.56. The molecule has 0 bridgehead atoms. The zero-order chi connectivity index (χ0) is 21.9. The second kappa shape index (κ2) is 9.39. The number of nitro groups is 1. The van der Waals surface area contributed by atoms with Gasteiger partial charge in [0.15, 0.2) is 0 Å². The van der Waals surface area contributed by atoms with Gasteiger partial charge in [-0.25, -0.2) is 4.79 Å². The Morgan fingerprint density at radius 1 is 1.17 bits per heavy atom. The average molecular weight is 419 g/mol. The molecule has 1 aliphatic rings. The van der Waals surface area contributed by atoms with Gasteiger partial charge in [0.05, 0.1) is 16.1 Å². The SMILES string of the molecule is CC(C)C(c1cc(C(=O)OC2CCC2)ccc1[N+](=O)[O-])C(O[Si])(C(C)C)C(C)C. The maximum absolute atomic E-state index is 12.6. The van der Waals surface area contributed by atoms with E-state index in [2.05, 4.69) is 38.2 Å². The number of ether oxygens (including phenoxy) is 1. The average Bonchev–Trinajstić information content (AvgIpc) is 2.60. The van der Waals surface area contributed by atoms with Crippen LogP contribution in [0.1, 0.15) is 82.6 Å². The fourth-order valence-electron chi connectivity index (χ4n) is 4.61. The van der Waals surface area contributed by atoms with Gasteiger partial charge in [-0.3, -0.25) is 10.1 Å². The van der Waals surface area contributed by atoms with Crippen LogP contribution in [0.4, 0.5) is 5.69 Å². The van der Waals surface area contributed by atoms with Crippen LogP contribution in [0.25, 0.3) is 0 Å². The first-order valence-corrected chi connectivity index (χ1v) is 10.8. The van der Waals surface area contributed by atoms with E-state index < -0.39 is 11.6 Å². The summed E-state index contributed by atoms with van der Waals surface area (Å²) in [4.78, 5) is 24.1. The number of benzene rings is 1. The van der Waals surface area contributed by atoms with Crippen molar-refractivity contribution in [2.24, 2.45) is 17.8 Å². The van der Waals surface area contributed by atoms with Crippen molar-refractivity contribution in [3.8, 4) is 0 Å². The van der Waals surface area contributed by atoms with Crippen LogP contribution in [-0.2, 0) is 9.16 Å². The predicted molar refractivity (Wildman–Crippen MR) is 113 cm³/mol. The molecule has 3 radical (unpaired) electrons. The molecule has 29 heavy (non-hydrogen) atoms. The van der Waals surface area contributed by atoms with Gasteiger partial charge in [0.25, 0.3) is 5.69 Å². The molecule has 1 aromatic rings. The molecule has 1 aliphatic carbocycles. The molecule has 0 amide bonds. The van der Waals surface area contributed by atoms with Crippen LogP contribution in [-0.4, -0.2) is 33.1 Å². The maximum atomic E-state index is 12.6. The molecule has 0 heterocycles. The van der Waals surface area contributed by atoms with Crippen molar-refractivity contribution in [3.05, 3.63) is 39.4 Å². The topological polar surface area (TPSA) is 78.7 Å². The van der Waals surface area contributed by atoms with E-state index >= 15 is 0 Å². The Kier molecular flexibility index (Phi) is 7.62. The van der Waals surface area contributed by atoms with E-state index in [9.17, 15) is 14.9 Å². The third-order valence-electron chi connectivity index (χ3n) is 6.26. The number of rotatable bonds is 9. The molecule has 2 rings (SSSR count). The summed E-state index contributed by atoms with van der Waals surface area (Å²) in [6.07, 6.45) is 2.77. The van der Waals surface area contributed by atoms with Crippen molar-refractivity contribution in [1.29, 1.82) is 0 Å². The molecule has 159 valence electrons. The van der Waals surface area contributed by atoms with Gasteiger partial charge in [0.2, 0.25) is 10.5 Å². The molecule has 0 spiro atoms. The van der Waals surface area contributed by atoms with Crippen molar-refractivity contribution >= 4 is 22.1 Å². The lowest BCUT2D eigenvalue weighted by atomic mass is 9.64. The Labute approximate surface area is 177 Å². The van der Waals surface area contributed by atoms with Gasteiger partial charge in [0.1, 0.15) is 6.10 Å². The second-order valence-corrected chi connectivity index (χ2v) is 9.18. The molecular formula is C22H32NO5Si. The van der Waals surface area contributed by atoms with E-state index in [1.165, 1.54) is 12.1 Å². The number of carbonyl (C=O) groups is 1. The summed E-state index contributed by atoms with van der Waals surface area (Å²) in [6, 6.07) is 4.54. The molecule has 1 saturated carbocycles. The zero-order valence-corrected chi connectivity index (χ0v) is 19.2. The van der Waals surface area contributed by atoms with Crippen molar-refractivity contribution in [3.63, 3.8) is 0 Å². The normalized spacial score (nSPS) is 16.2. The van der Waals surface area contributed by atoms with E-state index in [4.69, 9.17) is 9.16 Å². The Morgan fingerprint density at radius 3 is 2.14 bits per heavy atom. The molecule has 0 saturated heterocycles. The Hall–Kier alpha value is -1.73. The number of hydrogen-bond acceptors (Lipinski definition) is 5. The van der Waals surface area contributed by atoms with Crippen molar-refractivity contribution < 1.29 is 18.9 Å². The van der Waals surface area contributed by atoms with E-state index in [1.54, 1.807) is 6.07 Å². The maximum Gasteiger partial charge on any atom is 0.338 e. The summed E-state index contributed by atoms with van der Waals surface area (Å²) in [5.41, 5.74) is 0.150. The minimum Gasteiger partial charge on any atom is -0.459 e. The first kappa shape index (κ1) is 23.5. The van der Waals surface area contributed by atoms with Crippen LogP contribution < -0.4 is 0 Å². The first-order valence-electron chi connectivity index (χ1n) is 10.4. The largest absolute Gasteiger partial charge is 0.459 e. The van der Waals surface area contributed by atoms with Crippen LogP contribution in [0.3, 0.4) is 0 Å². The number of nitro benzene ring substituents is 1. The molecule has 0 N–H and O–H groups in total. The highest BCUT2D eigenvalue weighted by Gasteiger charge is 2.48. The summed E-state index contributed by atoms with van der Waals surface area (Å²) in [6.45, 7) is 12.3. The highest BCUT2D eigenvalue weighted by molar-refractivity contribution is 5.98. The monoisotopic (exact) mass is 418 g/mol. The van der Waals surface area contributed by atoms with Crippen LogP contribution in [0.15, 0.2) is 18.2 Å². The fraction of sp³-hybridized carbons (Fsp3) is 0.682. The van der Waals surface area contributed by atoms with Gasteiger partial charge >= 0.3 is 5.97 Å². The molecule has 1 aromatic carbocycles. The smallest absolute Gasteiger partial charge is 0.338 e. The molecule has 1 atom stereocenters. The van der Waals surface area contributed by atoms with E-state index in [1.807, 2.05) is 13.8 Å². The quantitative estimate of drug-likeness (QED) is 0.238. The number of carbonyl (C=O) groups excluding carboxylic acids is 1. The van der Waals surface area contributed by atoms with Crippen LogP contribution in [0.2, 0.25) is 0 Å². The van der Waals surface area contributed by atoms with Gasteiger partial charge in [-0.1, -0.05) is 41.5 Å². The molecule has 1 unspecified atom stereocenters. The third-order valence-corrected chi connectivity index (χ3v) is 6.61. The van der Waals surface area contributed by atoms with Crippen molar-refractivity contribution in [2.45, 2.75) is 78.4 Å². The minimum absolute atomic E-state index is 0.00159. The van der Waals surface area contributed by atoms with Crippen molar-refractivity contribution in [1.82, 2.24) is 0 Å². The molecule has 7 heteroatoms. The zero-order valence-electron chi connectivity index (χ0n) is 18.2. The number of nitrogens with zero attached hydrogens (tertiary/aromatic N) is 1. The van der Waals surface area contributed by atoms with Gasteiger partial charge in [-0.2, -0.15) is 0 Å². The second-order valence-electron chi connectivity index (χ2n) is 8.98. The fourth-order valence-corrected chi connectivity index (χ4v) is 5.21. The lowest BCUT2D eigenvalue weighted by Gasteiger charge is -2.48. The van der Waals surface area contributed by atoms with Gasteiger partial charge in [-0.05, 0) is 49.1 Å². The predicted octanol–water partition coefficient (Wildman–Crippen LogP) is 5.19. The summed E-state index contributed by atoms with van der Waals surface area (Å²) in [7, 11) is 3.30. The number of esters is 1. The molecule has 0 aliphatic heterocycles. The lowest BCUT2D eigenvalue weighted by molar-refractivity contribution is -0.386. The standard InChI is InChI=1S/C22H32NO5Si/c1-13(2)20(22(28-29,14(3)4)15(5)6)18-12-16(10-11-19(18)23(25)26)21(24)27-17-8-7-9-17/h10-15,17,20H,7-9H2,1-6H3. The highest BCUT2D eigenvalue weighted by atomic mass is 28.2. The highest BCUT2D eigenvalue weighted by Crippen LogP contribution is 2.49. The van der Waals surface area contributed by atoms with Gasteiger partial charge in [-0.15, -0.1) is 0 Å². The van der Waals surface area contributed by atoms with E-state index in [-0.39, 0.29) is 40.4 Å². The Balaban J connectivity index is 2.62. The van der Waals surface area contributed by atoms with Crippen molar-refractivity contribution in [2.75, 3.05) is 0 Å². The molecular weight excluding hydrogens is 386 g/mol. The Morgan fingerprint density at radius 2 is 1.76 bits per heavy atom. The van der Waals surface area contributed by atoms with Crippen LogP contribution in [0, 0.1) is 27.9 Å². The summed E-state index contributed by atoms with van der Waals surface area (Å²) < 4.78 is 11.5. The molecule has 0 aromatic heterocycles. The first-order chi connectivity index (χ1) is 13.6. The summed E-state index contributed by atoms with van der Waals surface area (Å²) in [5.74, 6) is -0.563. The molecule has 6 nitrogen and oxygen atoms in total. The Bertz CT molecular complexity index is 735. The van der Waals surface area contributed by atoms with E-state index in [0.29, 0.717) is 11.1 Å². The van der Waals surface area contributed by atoms with Gasteiger partial charge in [0, 0.05) is 17.5 Å². The lowest BCUT2D eigenvalue weighted by Crippen LogP contribution is -2.50. The minimum atomic E-state index is -0.702. The number of hydrogen-bond donors (Lipinski definition) is 0. The van der Waals surface area contributed by atoms with Crippen LogP contribution >= 0.6 is 0 Å². The van der Waals surface area contributed by atoms with E-state index in [0.717, 1.165) is 19.3 Å². The summed E-state index contributed by atoms with van der Waals surface area (Å²) in [5, 5.41) is 11.9.